The second kappa shape index (κ2) is 5.48. The zero-order valence-electron chi connectivity index (χ0n) is 10.6. The van der Waals surface area contributed by atoms with Crippen LogP contribution >= 0.6 is 11.3 Å². The number of carbonyl (C=O) groups excluding carboxylic acids is 2. The summed E-state index contributed by atoms with van der Waals surface area (Å²) in [5, 5.41) is 5.65. The van der Waals surface area contributed by atoms with Gasteiger partial charge < -0.3 is 10.2 Å². The molecule has 2 amide bonds. The standard InChI is InChI=1S/C12H17N3O2S/c1-3-4-10-12(17)15(6-11(16)14-10)5-9-7-18-8(2)13-9/h7,10H,3-6H2,1-2H3,(H,14,16). The van der Waals surface area contributed by atoms with Crippen molar-refractivity contribution in [1.82, 2.24) is 15.2 Å². The van der Waals surface area contributed by atoms with Gasteiger partial charge in [-0.1, -0.05) is 13.3 Å². The van der Waals surface area contributed by atoms with Gasteiger partial charge in [0.1, 0.15) is 12.6 Å². The molecule has 5 nitrogen and oxygen atoms in total. The number of amides is 2. The summed E-state index contributed by atoms with van der Waals surface area (Å²) < 4.78 is 0. The monoisotopic (exact) mass is 267 g/mol. The van der Waals surface area contributed by atoms with Gasteiger partial charge in [0.25, 0.3) is 0 Å². The van der Waals surface area contributed by atoms with Gasteiger partial charge in [0.2, 0.25) is 11.8 Å². The highest BCUT2D eigenvalue weighted by Gasteiger charge is 2.32. The molecule has 1 aliphatic rings. The molecule has 1 N–H and O–H groups in total. The number of hydrogen-bond acceptors (Lipinski definition) is 4. The summed E-state index contributed by atoms with van der Waals surface area (Å²) in [7, 11) is 0. The number of piperazine rings is 1. The van der Waals surface area contributed by atoms with Crippen molar-refractivity contribution in [3.63, 3.8) is 0 Å². The van der Waals surface area contributed by atoms with E-state index in [-0.39, 0.29) is 24.4 Å². The molecule has 2 rings (SSSR count). The Morgan fingerprint density at radius 2 is 2.33 bits per heavy atom. The van der Waals surface area contributed by atoms with Crippen LogP contribution in [0.1, 0.15) is 30.5 Å². The van der Waals surface area contributed by atoms with Gasteiger partial charge in [0, 0.05) is 5.38 Å². The lowest BCUT2D eigenvalue weighted by Gasteiger charge is -2.32. The van der Waals surface area contributed by atoms with Crippen LogP contribution in [0.5, 0.6) is 0 Å². The molecule has 1 unspecified atom stereocenters. The average Bonchev–Trinajstić information content (AvgIpc) is 2.71. The first-order chi connectivity index (χ1) is 8.60. The smallest absolute Gasteiger partial charge is 0.245 e. The van der Waals surface area contributed by atoms with Gasteiger partial charge in [-0.25, -0.2) is 4.98 Å². The molecule has 1 aromatic heterocycles. The third-order valence-electron chi connectivity index (χ3n) is 2.88. The summed E-state index contributed by atoms with van der Waals surface area (Å²) in [6, 6.07) is -0.365. The Kier molecular flexibility index (Phi) is 3.96. The topological polar surface area (TPSA) is 62.3 Å². The molecule has 0 spiro atoms. The van der Waals surface area contributed by atoms with Gasteiger partial charge >= 0.3 is 0 Å². The van der Waals surface area contributed by atoms with Gasteiger partial charge in [0.15, 0.2) is 0 Å². The molecule has 1 atom stereocenters. The number of aryl methyl sites for hydroxylation is 1. The average molecular weight is 267 g/mol. The van der Waals surface area contributed by atoms with Gasteiger partial charge in [0.05, 0.1) is 17.2 Å². The number of carbonyl (C=O) groups is 2. The number of thiazole rings is 1. The predicted molar refractivity (Wildman–Crippen MR) is 69.1 cm³/mol. The van der Waals surface area contributed by atoms with Crippen LogP contribution in [0, 0.1) is 6.92 Å². The van der Waals surface area contributed by atoms with Gasteiger partial charge in [-0.15, -0.1) is 11.3 Å². The molecule has 1 saturated heterocycles. The van der Waals surface area contributed by atoms with E-state index in [2.05, 4.69) is 10.3 Å². The van der Waals surface area contributed by atoms with Crippen LogP contribution < -0.4 is 5.32 Å². The minimum Gasteiger partial charge on any atom is -0.343 e. The fourth-order valence-electron chi connectivity index (χ4n) is 2.07. The van der Waals surface area contributed by atoms with Gasteiger partial charge in [-0.2, -0.15) is 0 Å². The summed E-state index contributed by atoms with van der Waals surface area (Å²) in [5.74, 6) is -0.0814. The van der Waals surface area contributed by atoms with E-state index in [1.54, 1.807) is 16.2 Å². The number of aromatic nitrogens is 1. The maximum Gasteiger partial charge on any atom is 0.245 e. The Hall–Kier alpha value is -1.43. The third-order valence-corrected chi connectivity index (χ3v) is 3.70. The van der Waals surface area contributed by atoms with E-state index >= 15 is 0 Å². The van der Waals surface area contributed by atoms with Crippen molar-refractivity contribution in [2.75, 3.05) is 6.54 Å². The summed E-state index contributed by atoms with van der Waals surface area (Å²) in [5.41, 5.74) is 0.857. The van der Waals surface area contributed by atoms with E-state index in [1.165, 1.54) is 0 Å². The van der Waals surface area contributed by atoms with Crippen molar-refractivity contribution >= 4 is 23.2 Å². The second-order valence-corrected chi connectivity index (χ2v) is 5.52. The van der Waals surface area contributed by atoms with Crippen LogP contribution in [0.25, 0.3) is 0 Å². The van der Waals surface area contributed by atoms with Gasteiger partial charge in [-0.05, 0) is 13.3 Å². The first kappa shape index (κ1) is 13.0. The van der Waals surface area contributed by atoms with Crippen LogP contribution in [0.3, 0.4) is 0 Å². The van der Waals surface area contributed by atoms with E-state index < -0.39 is 0 Å². The molecule has 6 heteroatoms. The Balaban J connectivity index is 2.06. The molecule has 1 fully saturated rings. The third kappa shape index (κ3) is 2.87. The normalized spacial score (nSPS) is 20.1. The molecule has 0 saturated carbocycles. The largest absolute Gasteiger partial charge is 0.343 e. The minimum absolute atomic E-state index is 0.00195. The van der Waals surface area contributed by atoms with Crippen LogP contribution in [-0.2, 0) is 16.1 Å². The van der Waals surface area contributed by atoms with Crippen molar-refractivity contribution in [1.29, 1.82) is 0 Å². The first-order valence-electron chi connectivity index (χ1n) is 6.09. The fraction of sp³-hybridized carbons (Fsp3) is 0.583. The molecule has 18 heavy (non-hydrogen) atoms. The Labute approximate surface area is 110 Å². The van der Waals surface area contributed by atoms with E-state index in [1.807, 2.05) is 19.2 Å². The molecule has 2 heterocycles. The van der Waals surface area contributed by atoms with Crippen molar-refractivity contribution in [2.24, 2.45) is 0 Å². The minimum atomic E-state index is -0.365. The number of nitrogens with one attached hydrogen (secondary N) is 1. The van der Waals surface area contributed by atoms with Crippen LogP contribution in [-0.4, -0.2) is 34.3 Å². The quantitative estimate of drug-likeness (QED) is 0.888. The summed E-state index contributed by atoms with van der Waals surface area (Å²) in [6.45, 7) is 4.49. The molecule has 1 aromatic rings. The van der Waals surface area contributed by atoms with E-state index in [4.69, 9.17) is 0 Å². The van der Waals surface area contributed by atoms with Crippen LogP contribution in [0.15, 0.2) is 5.38 Å². The highest BCUT2D eigenvalue weighted by atomic mass is 32.1. The van der Waals surface area contributed by atoms with Crippen LogP contribution in [0.2, 0.25) is 0 Å². The van der Waals surface area contributed by atoms with E-state index in [9.17, 15) is 9.59 Å². The SMILES string of the molecule is CCCC1NC(=O)CN(Cc2csc(C)n2)C1=O. The van der Waals surface area contributed by atoms with Crippen molar-refractivity contribution in [3.8, 4) is 0 Å². The lowest BCUT2D eigenvalue weighted by molar-refractivity contribution is -0.145. The summed E-state index contributed by atoms with van der Waals surface area (Å²) >= 11 is 1.56. The van der Waals surface area contributed by atoms with Gasteiger partial charge in [-0.3, -0.25) is 9.59 Å². The number of rotatable bonds is 4. The van der Waals surface area contributed by atoms with Crippen molar-refractivity contribution < 1.29 is 9.59 Å². The molecule has 0 bridgehead atoms. The van der Waals surface area contributed by atoms with Crippen molar-refractivity contribution in [2.45, 2.75) is 39.3 Å². The molecule has 98 valence electrons. The number of hydrogen-bond donors (Lipinski definition) is 1. The van der Waals surface area contributed by atoms with E-state index in [0.717, 1.165) is 17.1 Å². The number of nitrogens with zero attached hydrogens (tertiary/aromatic N) is 2. The maximum absolute atomic E-state index is 12.2. The highest BCUT2D eigenvalue weighted by molar-refractivity contribution is 7.09. The Morgan fingerprint density at radius 1 is 1.56 bits per heavy atom. The Bertz CT molecular complexity index is 458. The maximum atomic E-state index is 12.2. The Morgan fingerprint density at radius 3 is 2.94 bits per heavy atom. The molecule has 0 radical (unpaired) electrons. The van der Waals surface area contributed by atoms with Crippen LogP contribution in [0.4, 0.5) is 0 Å². The fourth-order valence-corrected chi connectivity index (χ4v) is 2.67. The predicted octanol–water partition coefficient (Wildman–Crippen LogP) is 1.08. The highest BCUT2D eigenvalue weighted by Crippen LogP contribution is 2.14. The molecule has 1 aliphatic heterocycles. The first-order valence-corrected chi connectivity index (χ1v) is 6.97. The molecule has 0 aromatic carbocycles. The lowest BCUT2D eigenvalue weighted by Crippen LogP contribution is -2.57. The lowest BCUT2D eigenvalue weighted by atomic mass is 10.1. The molecule has 0 aliphatic carbocycles. The zero-order chi connectivity index (χ0) is 13.1. The summed E-state index contributed by atoms with van der Waals surface area (Å²) in [4.78, 5) is 29.7. The van der Waals surface area contributed by atoms with E-state index in [0.29, 0.717) is 13.0 Å². The zero-order valence-corrected chi connectivity index (χ0v) is 11.4. The van der Waals surface area contributed by atoms with Crippen molar-refractivity contribution in [3.05, 3.63) is 16.1 Å². The second-order valence-electron chi connectivity index (χ2n) is 4.46. The molecular weight excluding hydrogens is 250 g/mol. The molecular formula is C12H17N3O2S. The summed E-state index contributed by atoms with van der Waals surface area (Å²) in [6.07, 6.45) is 1.57.